The maximum Gasteiger partial charge on any atom is 0.0465 e. The Hall–Kier alpha value is 0.430. The lowest BCUT2D eigenvalue weighted by molar-refractivity contribution is 0.302. The van der Waals surface area contributed by atoms with Crippen LogP contribution in [0.5, 0.6) is 0 Å². The second kappa shape index (κ2) is 17.4. The molecule has 2 heteroatoms. The smallest absolute Gasteiger partial charge is 0.0465 e. The van der Waals surface area contributed by atoms with E-state index in [2.05, 4.69) is 34.7 Å². The molecule has 0 saturated carbocycles. The van der Waals surface area contributed by atoms with Gasteiger partial charge in [0.1, 0.15) is 0 Å². The summed E-state index contributed by atoms with van der Waals surface area (Å²) >= 11 is 2.47. The Balaban J connectivity index is 2.94. The van der Waals surface area contributed by atoms with Crippen LogP contribution in [0.3, 0.4) is 0 Å². The van der Waals surface area contributed by atoms with Gasteiger partial charge in [-0.15, -0.1) is 0 Å². The fourth-order valence-corrected chi connectivity index (χ4v) is 2.62. The molecule has 0 atom stereocenters. The summed E-state index contributed by atoms with van der Waals surface area (Å²) in [6.45, 7) is 0.286. The number of allylic oxidation sites excluding steroid dienone is 1. The average molecular weight is 366 g/mol. The van der Waals surface area contributed by atoms with E-state index < -0.39 is 0 Å². The van der Waals surface area contributed by atoms with Crippen LogP contribution in [0.25, 0.3) is 0 Å². The van der Waals surface area contributed by atoms with E-state index >= 15 is 0 Å². The van der Waals surface area contributed by atoms with Gasteiger partial charge in [-0.2, -0.15) is 0 Å². The van der Waals surface area contributed by atoms with Crippen molar-refractivity contribution in [3.05, 3.63) is 12.2 Å². The summed E-state index contributed by atoms with van der Waals surface area (Å²) in [6.07, 6.45) is 20.4. The van der Waals surface area contributed by atoms with Crippen molar-refractivity contribution in [3.63, 3.8) is 0 Å². The van der Waals surface area contributed by atoms with Crippen molar-refractivity contribution in [2.45, 2.75) is 77.0 Å². The van der Waals surface area contributed by atoms with E-state index in [1.165, 1.54) is 75.1 Å². The fourth-order valence-electron chi connectivity index (χ4n) is 2.08. The molecule has 0 bridgehead atoms. The second-order valence-electron chi connectivity index (χ2n) is 5.00. The van der Waals surface area contributed by atoms with Crippen molar-refractivity contribution in [2.75, 3.05) is 11.0 Å². The average Bonchev–Trinajstić information content (AvgIpc) is 2.39. The number of rotatable bonds is 14. The van der Waals surface area contributed by atoms with Crippen molar-refractivity contribution in [1.29, 1.82) is 0 Å². The Morgan fingerprint density at radius 2 is 1.06 bits per heavy atom. The van der Waals surface area contributed by atoms with Crippen LogP contribution >= 0.6 is 22.6 Å². The molecule has 0 aromatic carbocycles. The molecular formula is C16H31IO. The predicted molar refractivity (Wildman–Crippen MR) is 90.5 cm³/mol. The lowest BCUT2D eigenvalue weighted by Crippen LogP contribution is -1.82. The van der Waals surface area contributed by atoms with Crippen LogP contribution in [0.4, 0.5) is 0 Å². The molecule has 0 aromatic rings. The monoisotopic (exact) mass is 366 g/mol. The molecule has 0 heterocycles. The number of aliphatic hydroxyl groups is 1. The van der Waals surface area contributed by atoms with Gasteiger partial charge in [0.2, 0.25) is 0 Å². The summed E-state index contributed by atoms with van der Waals surface area (Å²) < 4.78 is 1.32. The van der Waals surface area contributed by atoms with Gasteiger partial charge in [-0.3, -0.25) is 0 Å². The van der Waals surface area contributed by atoms with E-state index in [1.807, 2.05) is 0 Å². The topological polar surface area (TPSA) is 20.2 Å². The first-order valence-corrected chi connectivity index (χ1v) is 9.26. The highest BCUT2D eigenvalue weighted by atomic mass is 127. The highest BCUT2D eigenvalue weighted by molar-refractivity contribution is 14.1. The summed E-state index contributed by atoms with van der Waals surface area (Å²) in [7, 11) is 0. The van der Waals surface area contributed by atoms with Gasteiger partial charge in [0, 0.05) is 6.61 Å². The largest absolute Gasteiger partial charge is 0.396 e. The molecule has 1 nitrogen and oxygen atoms in total. The Morgan fingerprint density at radius 1 is 0.611 bits per heavy atom. The van der Waals surface area contributed by atoms with Crippen LogP contribution in [0, 0.1) is 0 Å². The Morgan fingerprint density at radius 3 is 1.56 bits per heavy atom. The minimum Gasteiger partial charge on any atom is -0.396 e. The second-order valence-corrected chi connectivity index (χ2v) is 6.08. The first kappa shape index (κ1) is 18.4. The third-order valence-electron chi connectivity index (χ3n) is 3.22. The lowest BCUT2D eigenvalue weighted by atomic mass is 10.1. The van der Waals surface area contributed by atoms with Crippen molar-refractivity contribution < 1.29 is 5.11 Å². The number of halogens is 1. The standard InChI is InChI=1S/C16H31IO/c17-15-13-11-9-7-5-3-1-2-4-6-8-10-12-14-16-18/h10,12,18H,1-9,11,13-16H2/b12-10+. The van der Waals surface area contributed by atoms with Crippen LogP contribution < -0.4 is 0 Å². The van der Waals surface area contributed by atoms with Crippen LogP contribution in [0.15, 0.2) is 12.2 Å². The molecule has 0 fully saturated rings. The summed E-state index contributed by atoms with van der Waals surface area (Å²) in [6, 6.07) is 0. The van der Waals surface area contributed by atoms with Crippen LogP contribution in [0.1, 0.15) is 77.0 Å². The van der Waals surface area contributed by atoms with Crippen LogP contribution in [-0.4, -0.2) is 16.1 Å². The molecule has 0 aliphatic carbocycles. The van der Waals surface area contributed by atoms with Gasteiger partial charge in [0.05, 0.1) is 0 Å². The third kappa shape index (κ3) is 16.4. The van der Waals surface area contributed by atoms with Gasteiger partial charge in [-0.25, -0.2) is 0 Å². The number of aliphatic hydroxyl groups excluding tert-OH is 1. The summed E-state index contributed by atoms with van der Waals surface area (Å²) in [5, 5.41) is 8.61. The van der Waals surface area contributed by atoms with Crippen molar-refractivity contribution in [3.8, 4) is 0 Å². The maximum absolute atomic E-state index is 8.61. The minimum atomic E-state index is 0.286. The number of hydrogen-bond acceptors (Lipinski definition) is 1. The quantitative estimate of drug-likeness (QED) is 0.182. The Kier molecular flexibility index (Phi) is 17.8. The highest BCUT2D eigenvalue weighted by Crippen LogP contribution is 2.11. The van der Waals surface area contributed by atoms with Crippen LogP contribution in [0.2, 0.25) is 0 Å². The maximum atomic E-state index is 8.61. The number of hydrogen-bond donors (Lipinski definition) is 1. The molecule has 108 valence electrons. The molecule has 0 aliphatic rings. The number of unbranched alkanes of at least 4 members (excludes halogenated alkanes) is 10. The zero-order valence-electron chi connectivity index (χ0n) is 11.9. The van der Waals surface area contributed by atoms with E-state index in [0.29, 0.717) is 0 Å². The third-order valence-corrected chi connectivity index (χ3v) is 3.98. The molecule has 0 radical (unpaired) electrons. The molecule has 0 aromatic heterocycles. The van der Waals surface area contributed by atoms with Gasteiger partial charge in [0.15, 0.2) is 0 Å². The van der Waals surface area contributed by atoms with Gasteiger partial charge in [-0.1, -0.05) is 86.1 Å². The molecule has 0 amide bonds. The van der Waals surface area contributed by atoms with E-state index in [0.717, 1.165) is 6.42 Å². The molecule has 0 rings (SSSR count). The normalized spacial score (nSPS) is 11.4. The van der Waals surface area contributed by atoms with E-state index in [-0.39, 0.29) is 6.61 Å². The summed E-state index contributed by atoms with van der Waals surface area (Å²) in [4.78, 5) is 0. The first-order valence-electron chi connectivity index (χ1n) is 7.73. The van der Waals surface area contributed by atoms with E-state index in [9.17, 15) is 0 Å². The lowest BCUT2D eigenvalue weighted by Gasteiger charge is -2.01. The molecule has 18 heavy (non-hydrogen) atoms. The Bertz CT molecular complexity index is 168. The van der Waals surface area contributed by atoms with Gasteiger partial charge < -0.3 is 5.11 Å². The summed E-state index contributed by atoms with van der Waals surface area (Å²) in [5.74, 6) is 0. The molecule has 0 saturated heterocycles. The summed E-state index contributed by atoms with van der Waals surface area (Å²) in [5.41, 5.74) is 0. The zero-order chi connectivity index (χ0) is 13.3. The molecule has 0 spiro atoms. The van der Waals surface area contributed by atoms with E-state index in [4.69, 9.17) is 5.11 Å². The van der Waals surface area contributed by atoms with Gasteiger partial charge in [-0.05, 0) is 30.1 Å². The molecule has 1 N–H and O–H groups in total. The van der Waals surface area contributed by atoms with Gasteiger partial charge >= 0.3 is 0 Å². The fraction of sp³-hybridized carbons (Fsp3) is 0.875. The van der Waals surface area contributed by atoms with Crippen LogP contribution in [-0.2, 0) is 0 Å². The predicted octanol–water partition coefficient (Wildman–Crippen LogP) is 5.65. The highest BCUT2D eigenvalue weighted by Gasteiger charge is 1.92. The SMILES string of the molecule is OCC/C=C/CCCCCCCCCCCCI. The van der Waals surface area contributed by atoms with Gasteiger partial charge in [0.25, 0.3) is 0 Å². The molecule has 0 unspecified atom stereocenters. The number of alkyl halides is 1. The Labute approximate surface area is 128 Å². The first-order chi connectivity index (χ1) is 8.91. The molecule has 0 aliphatic heterocycles. The van der Waals surface area contributed by atoms with E-state index in [1.54, 1.807) is 0 Å². The van der Waals surface area contributed by atoms with Crippen molar-refractivity contribution in [2.24, 2.45) is 0 Å². The van der Waals surface area contributed by atoms with Crippen molar-refractivity contribution >= 4 is 22.6 Å². The molecular weight excluding hydrogens is 335 g/mol. The zero-order valence-corrected chi connectivity index (χ0v) is 14.0. The van der Waals surface area contributed by atoms with Crippen molar-refractivity contribution in [1.82, 2.24) is 0 Å². The minimum absolute atomic E-state index is 0.286.